The monoisotopic (exact) mass is 474 g/mol. The highest BCUT2D eigenvalue weighted by Crippen LogP contribution is 2.34. The molecule has 0 spiro atoms. The number of halogens is 4. The molecule has 0 aliphatic rings. The van der Waals surface area contributed by atoms with Gasteiger partial charge in [0.2, 0.25) is 0 Å². The summed E-state index contributed by atoms with van der Waals surface area (Å²) in [6, 6.07) is 17.9. The first-order valence-corrected chi connectivity index (χ1v) is 10.5. The maximum absolute atomic E-state index is 13.3. The predicted octanol–water partition coefficient (Wildman–Crippen LogP) is 8.08. The second-order valence-electron chi connectivity index (χ2n) is 6.68. The summed E-state index contributed by atoms with van der Waals surface area (Å²) in [4.78, 5) is 18.1. The van der Waals surface area contributed by atoms with Gasteiger partial charge in [0.15, 0.2) is 0 Å². The Bertz CT molecular complexity index is 1290. The van der Waals surface area contributed by atoms with E-state index in [-0.39, 0.29) is 5.91 Å². The van der Waals surface area contributed by atoms with Crippen LogP contribution in [0, 0.1) is 6.92 Å². The van der Waals surface area contributed by atoms with Crippen LogP contribution in [0.15, 0.2) is 60.7 Å². The van der Waals surface area contributed by atoms with Crippen LogP contribution in [-0.4, -0.2) is 10.9 Å². The molecule has 1 amide bonds. The first kappa shape index (κ1) is 21.0. The van der Waals surface area contributed by atoms with Crippen molar-refractivity contribution in [1.29, 1.82) is 0 Å². The minimum Gasteiger partial charge on any atom is -0.321 e. The summed E-state index contributed by atoms with van der Waals surface area (Å²) in [5, 5.41) is 5.13. The molecule has 1 heterocycles. The van der Waals surface area contributed by atoms with Gasteiger partial charge in [-0.05, 0) is 42.8 Å². The molecule has 0 fully saturated rings. The molecule has 1 N–H and O–H groups in total. The van der Waals surface area contributed by atoms with Crippen molar-refractivity contribution < 1.29 is 4.79 Å². The van der Waals surface area contributed by atoms with E-state index in [4.69, 9.17) is 51.4 Å². The van der Waals surface area contributed by atoms with Gasteiger partial charge in [0.1, 0.15) is 0 Å². The van der Waals surface area contributed by atoms with Crippen LogP contribution in [0.25, 0.3) is 22.2 Å². The minimum absolute atomic E-state index is 0.298. The van der Waals surface area contributed by atoms with E-state index in [0.717, 1.165) is 16.5 Å². The van der Waals surface area contributed by atoms with Crippen molar-refractivity contribution in [2.45, 2.75) is 6.92 Å². The molecule has 4 rings (SSSR count). The van der Waals surface area contributed by atoms with Crippen LogP contribution in [0.2, 0.25) is 20.1 Å². The number of carbonyl (C=O) groups excluding carboxylic acids is 1. The summed E-state index contributed by atoms with van der Waals surface area (Å²) in [5.41, 5.74) is 3.90. The van der Waals surface area contributed by atoms with Gasteiger partial charge in [-0.3, -0.25) is 4.79 Å². The number of rotatable bonds is 3. The molecule has 3 nitrogen and oxygen atoms in total. The molecule has 4 aromatic rings. The molecular formula is C23H14Cl4N2O. The SMILES string of the molecule is Cc1c(-c2ccc(Cl)cc2)nc2ccccc2c1C(=O)Nc1cc(Cl)c(Cl)cc1Cl. The largest absolute Gasteiger partial charge is 0.321 e. The van der Waals surface area contributed by atoms with E-state index in [9.17, 15) is 4.79 Å². The number of anilines is 1. The van der Waals surface area contributed by atoms with Gasteiger partial charge in [0.05, 0.1) is 37.5 Å². The lowest BCUT2D eigenvalue weighted by Crippen LogP contribution is -2.15. The smallest absolute Gasteiger partial charge is 0.256 e. The summed E-state index contributed by atoms with van der Waals surface area (Å²) >= 11 is 24.4. The summed E-state index contributed by atoms with van der Waals surface area (Å²) in [6.07, 6.45) is 0. The van der Waals surface area contributed by atoms with E-state index in [1.807, 2.05) is 43.3 Å². The molecule has 0 radical (unpaired) electrons. The highest BCUT2D eigenvalue weighted by molar-refractivity contribution is 6.44. The Morgan fingerprint density at radius 3 is 2.27 bits per heavy atom. The normalized spacial score (nSPS) is 11.0. The van der Waals surface area contributed by atoms with E-state index < -0.39 is 0 Å². The Hall–Kier alpha value is -2.30. The molecule has 150 valence electrons. The Morgan fingerprint density at radius 1 is 0.867 bits per heavy atom. The van der Waals surface area contributed by atoms with Crippen molar-refractivity contribution in [2.75, 3.05) is 5.32 Å². The Morgan fingerprint density at radius 2 is 1.53 bits per heavy atom. The maximum Gasteiger partial charge on any atom is 0.256 e. The first-order valence-electron chi connectivity index (χ1n) is 8.96. The van der Waals surface area contributed by atoms with Gasteiger partial charge in [-0.25, -0.2) is 4.98 Å². The highest BCUT2D eigenvalue weighted by atomic mass is 35.5. The van der Waals surface area contributed by atoms with Gasteiger partial charge < -0.3 is 5.32 Å². The van der Waals surface area contributed by atoms with Crippen molar-refractivity contribution >= 4 is 68.9 Å². The van der Waals surface area contributed by atoms with Crippen LogP contribution in [0.4, 0.5) is 5.69 Å². The van der Waals surface area contributed by atoms with Crippen molar-refractivity contribution in [3.8, 4) is 11.3 Å². The number of pyridine rings is 1. The Balaban J connectivity index is 1.87. The van der Waals surface area contributed by atoms with Crippen LogP contribution >= 0.6 is 46.4 Å². The minimum atomic E-state index is -0.318. The van der Waals surface area contributed by atoms with E-state index >= 15 is 0 Å². The summed E-state index contributed by atoms with van der Waals surface area (Å²) < 4.78 is 0. The lowest BCUT2D eigenvalue weighted by atomic mass is 9.97. The molecule has 7 heteroatoms. The number of benzene rings is 3. The number of nitrogens with zero attached hydrogens (tertiary/aromatic N) is 1. The average molecular weight is 476 g/mol. The van der Waals surface area contributed by atoms with E-state index in [0.29, 0.717) is 42.6 Å². The Kier molecular flexibility index (Phi) is 5.90. The predicted molar refractivity (Wildman–Crippen MR) is 126 cm³/mol. The van der Waals surface area contributed by atoms with E-state index in [1.165, 1.54) is 12.1 Å². The summed E-state index contributed by atoms with van der Waals surface area (Å²) in [7, 11) is 0. The van der Waals surface area contributed by atoms with Gasteiger partial charge in [0.25, 0.3) is 5.91 Å². The molecule has 0 unspecified atom stereocenters. The van der Waals surface area contributed by atoms with Crippen LogP contribution in [0.3, 0.4) is 0 Å². The molecular weight excluding hydrogens is 462 g/mol. The zero-order chi connectivity index (χ0) is 21.4. The molecule has 0 aliphatic carbocycles. The fraction of sp³-hybridized carbons (Fsp3) is 0.0435. The van der Waals surface area contributed by atoms with Gasteiger partial charge in [0, 0.05) is 16.0 Å². The summed E-state index contributed by atoms with van der Waals surface area (Å²) in [6.45, 7) is 1.87. The van der Waals surface area contributed by atoms with Crippen LogP contribution in [0.5, 0.6) is 0 Å². The van der Waals surface area contributed by atoms with Crippen molar-refractivity contribution in [2.24, 2.45) is 0 Å². The number of carbonyl (C=O) groups is 1. The maximum atomic E-state index is 13.3. The topological polar surface area (TPSA) is 42.0 Å². The molecule has 3 aromatic carbocycles. The number of fused-ring (bicyclic) bond motifs is 1. The fourth-order valence-corrected chi connectivity index (χ4v) is 4.01. The van der Waals surface area contributed by atoms with Gasteiger partial charge in [-0.1, -0.05) is 76.7 Å². The first-order chi connectivity index (χ1) is 14.3. The molecule has 0 bridgehead atoms. The molecule has 30 heavy (non-hydrogen) atoms. The number of hydrogen-bond acceptors (Lipinski definition) is 2. The molecule has 0 aliphatic heterocycles. The number of hydrogen-bond donors (Lipinski definition) is 1. The second-order valence-corrected chi connectivity index (χ2v) is 8.34. The molecule has 1 aromatic heterocycles. The quantitative estimate of drug-likeness (QED) is 0.304. The van der Waals surface area contributed by atoms with Gasteiger partial charge in [-0.2, -0.15) is 0 Å². The van der Waals surface area contributed by atoms with Crippen molar-refractivity contribution in [3.63, 3.8) is 0 Å². The van der Waals surface area contributed by atoms with E-state index in [1.54, 1.807) is 12.1 Å². The standard InChI is InChI=1S/C23H14Cl4N2O/c1-12-21(23(30)29-20-11-17(26)16(25)10-18(20)27)15-4-2-3-5-19(15)28-22(12)13-6-8-14(24)9-7-13/h2-11H,1H3,(H,29,30). The lowest BCUT2D eigenvalue weighted by Gasteiger charge is -2.15. The third-order valence-electron chi connectivity index (χ3n) is 4.74. The third-order valence-corrected chi connectivity index (χ3v) is 6.03. The average Bonchev–Trinajstić information content (AvgIpc) is 2.72. The van der Waals surface area contributed by atoms with Crippen LogP contribution in [-0.2, 0) is 0 Å². The molecule has 0 saturated heterocycles. The Labute approximate surface area is 193 Å². The zero-order valence-corrected chi connectivity index (χ0v) is 18.7. The van der Waals surface area contributed by atoms with Gasteiger partial charge >= 0.3 is 0 Å². The second kappa shape index (κ2) is 8.44. The number of amides is 1. The zero-order valence-electron chi connectivity index (χ0n) is 15.6. The number of nitrogens with one attached hydrogen (secondary N) is 1. The highest BCUT2D eigenvalue weighted by Gasteiger charge is 2.20. The van der Waals surface area contributed by atoms with E-state index in [2.05, 4.69) is 5.32 Å². The van der Waals surface area contributed by atoms with Gasteiger partial charge in [-0.15, -0.1) is 0 Å². The molecule has 0 saturated carbocycles. The lowest BCUT2D eigenvalue weighted by molar-refractivity contribution is 0.102. The third kappa shape index (κ3) is 3.99. The van der Waals surface area contributed by atoms with Crippen molar-refractivity contribution in [1.82, 2.24) is 4.98 Å². The summed E-state index contributed by atoms with van der Waals surface area (Å²) in [5.74, 6) is -0.318. The molecule has 0 atom stereocenters. The van der Waals surface area contributed by atoms with Crippen LogP contribution in [0.1, 0.15) is 15.9 Å². The number of aromatic nitrogens is 1. The van der Waals surface area contributed by atoms with Crippen LogP contribution < -0.4 is 5.32 Å². The van der Waals surface area contributed by atoms with Crippen molar-refractivity contribution in [3.05, 3.63) is 91.9 Å². The number of para-hydroxylation sites is 1. The fourth-order valence-electron chi connectivity index (χ4n) is 3.29.